The number of carbonyl (C=O) groups excluding carboxylic acids is 1. The van der Waals surface area contributed by atoms with Crippen LogP contribution in [0.3, 0.4) is 0 Å². The predicted molar refractivity (Wildman–Crippen MR) is 109 cm³/mol. The van der Waals surface area contributed by atoms with Gasteiger partial charge in [0.05, 0.1) is 10.6 Å². The lowest BCUT2D eigenvalue weighted by molar-refractivity contribution is -0.113. The zero-order valence-electron chi connectivity index (χ0n) is 15.4. The van der Waals surface area contributed by atoms with E-state index in [2.05, 4.69) is 10.0 Å². The summed E-state index contributed by atoms with van der Waals surface area (Å²) in [5.74, 6) is 0.137. The third-order valence-corrected chi connectivity index (χ3v) is 6.15. The molecule has 1 amide bonds. The molecule has 0 radical (unpaired) electrons. The molecule has 6 nitrogen and oxygen atoms in total. The van der Waals surface area contributed by atoms with Crippen molar-refractivity contribution in [2.75, 3.05) is 31.3 Å². The Bertz CT molecular complexity index is 835. The van der Waals surface area contributed by atoms with E-state index in [1.807, 2.05) is 31.2 Å². The number of thioether (sulfide) groups is 1. The molecule has 0 unspecified atom stereocenters. The van der Waals surface area contributed by atoms with E-state index in [-0.39, 0.29) is 16.6 Å². The Hall–Kier alpha value is -1.87. The molecule has 0 aliphatic rings. The van der Waals surface area contributed by atoms with Crippen LogP contribution in [0.25, 0.3) is 0 Å². The van der Waals surface area contributed by atoms with Crippen molar-refractivity contribution in [3.63, 3.8) is 0 Å². The van der Waals surface area contributed by atoms with Crippen molar-refractivity contribution >= 4 is 33.4 Å². The monoisotopic (exact) mass is 408 g/mol. The van der Waals surface area contributed by atoms with Gasteiger partial charge in [0.1, 0.15) is 0 Å². The number of hydrogen-bond acceptors (Lipinski definition) is 5. The average molecular weight is 409 g/mol. The summed E-state index contributed by atoms with van der Waals surface area (Å²) < 4.78 is 31.7. The summed E-state index contributed by atoms with van der Waals surface area (Å²) in [5.41, 5.74) is 1.73. The van der Waals surface area contributed by atoms with Crippen LogP contribution in [0.2, 0.25) is 0 Å². The fraction of sp³-hybridized carbons (Fsp3) is 0.316. The number of anilines is 1. The van der Waals surface area contributed by atoms with Crippen LogP contribution in [0.1, 0.15) is 12.0 Å². The number of ether oxygens (including phenoxy) is 1. The third kappa shape index (κ3) is 7.34. The minimum absolute atomic E-state index is 0.145. The van der Waals surface area contributed by atoms with Crippen molar-refractivity contribution in [2.24, 2.45) is 0 Å². The van der Waals surface area contributed by atoms with Crippen LogP contribution in [0, 0.1) is 6.92 Å². The van der Waals surface area contributed by atoms with Crippen molar-refractivity contribution in [1.29, 1.82) is 0 Å². The lowest BCUT2D eigenvalue weighted by atomic mass is 10.2. The predicted octanol–water partition coefficient (Wildman–Crippen LogP) is 3.04. The first-order chi connectivity index (χ1) is 12.9. The van der Waals surface area contributed by atoms with Crippen LogP contribution in [0.15, 0.2) is 58.3 Å². The van der Waals surface area contributed by atoms with Gasteiger partial charge in [0.15, 0.2) is 0 Å². The quantitative estimate of drug-likeness (QED) is 0.466. The van der Waals surface area contributed by atoms with Crippen molar-refractivity contribution in [1.82, 2.24) is 4.72 Å². The first kappa shape index (κ1) is 21.4. The molecule has 0 heterocycles. The maximum Gasteiger partial charge on any atom is 0.240 e. The lowest BCUT2D eigenvalue weighted by Crippen LogP contribution is -2.25. The van der Waals surface area contributed by atoms with Gasteiger partial charge in [0.25, 0.3) is 0 Å². The topological polar surface area (TPSA) is 84.5 Å². The minimum Gasteiger partial charge on any atom is -0.385 e. The van der Waals surface area contributed by atoms with Gasteiger partial charge in [0, 0.05) is 30.8 Å². The zero-order valence-corrected chi connectivity index (χ0v) is 17.0. The fourth-order valence-corrected chi connectivity index (χ4v) is 3.98. The van der Waals surface area contributed by atoms with E-state index in [1.54, 1.807) is 19.2 Å². The second-order valence-corrected chi connectivity index (χ2v) is 8.73. The van der Waals surface area contributed by atoms with Crippen molar-refractivity contribution in [3.8, 4) is 0 Å². The number of carbonyl (C=O) groups is 1. The fourth-order valence-electron chi connectivity index (χ4n) is 2.20. The van der Waals surface area contributed by atoms with Crippen LogP contribution in [-0.4, -0.2) is 40.3 Å². The van der Waals surface area contributed by atoms with Gasteiger partial charge in [-0.3, -0.25) is 4.79 Å². The van der Waals surface area contributed by atoms with Gasteiger partial charge in [-0.25, -0.2) is 13.1 Å². The molecular formula is C19H24N2O4S2. The summed E-state index contributed by atoms with van der Waals surface area (Å²) >= 11 is 1.45. The highest BCUT2D eigenvalue weighted by Gasteiger charge is 2.13. The van der Waals surface area contributed by atoms with Crippen molar-refractivity contribution in [2.45, 2.75) is 23.1 Å². The van der Waals surface area contributed by atoms with E-state index < -0.39 is 10.0 Å². The number of amides is 1. The molecule has 0 saturated heterocycles. The molecule has 0 aromatic heterocycles. The van der Waals surface area contributed by atoms with Gasteiger partial charge >= 0.3 is 0 Å². The number of rotatable bonds is 10. The Morgan fingerprint density at radius 1 is 1.07 bits per heavy atom. The summed E-state index contributed by atoms with van der Waals surface area (Å²) in [6, 6.07) is 14.1. The minimum atomic E-state index is -3.56. The molecule has 27 heavy (non-hydrogen) atoms. The summed E-state index contributed by atoms with van der Waals surface area (Å²) in [6.45, 7) is 2.82. The summed E-state index contributed by atoms with van der Waals surface area (Å²) in [5, 5.41) is 2.77. The highest BCUT2D eigenvalue weighted by Crippen LogP contribution is 2.19. The molecule has 8 heteroatoms. The largest absolute Gasteiger partial charge is 0.385 e. The first-order valence-corrected chi connectivity index (χ1v) is 11.0. The molecule has 2 N–H and O–H groups in total. The van der Waals surface area contributed by atoms with Crippen LogP contribution >= 0.6 is 11.8 Å². The number of methoxy groups -OCH3 is 1. The van der Waals surface area contributed by atoms with Gasteiger partial charge in [-0.2, -0.15) is 0 Å². The van der Waals surface area contributed by atoms with E-state index in [4.69, 9.17) is 4.74 Å². The molecule has 2 aromatic carbocycles. The van der Waals surface area contributed by atoms with Crippen LogP contribution in [0.4, 0.5) is 5.69 Å². The van der Waals surface area contributed by atoms with E-state index in [0.717, 1.165) is 4.90 Å². The van der Waals surface area contributed by atoms with Gasteiger partial charge in [-0.15, -0.1) is 11.8 Å². The highest BCUT2D eigenvalue weighted by atomic mass is 32.2. The molecule has 0 spiro atoms. The Balaban J connectivity index is 1.85. The molecule has 2 aromatic rings. The number of sulfonamides is 1. The normalized spacial score (nSPS) is 11.3. The van der Waals surface area contributed by atoms with E-state index >= 15 is 0 Å². The molecular weight excluding hydrogens is 384 g/mol. The van der Waals surface area contributed by atoms with Crippen molar-refractivity contribution in [3.05, 3.63) is 54.1 Å². The van der Waals surface area contributed by atoms with E-state index in [0.29, 0.717) is 25.3 Å². The highest BCUT2D eigenvalue weighted by molar-refractivity contribution is 8.00. The van der Waals surface area contributed by atoms with Gasteiger partial charge in [-0.1, -0.05) is 17.7 Å². The summed E-state index contributed by atoms with van der Waals surface area (Å²) in [4.78, 5) is 13.2. The number of hydrogen-bond donors (Lipinski definition) is 2. The molecule has 2 rings (SSSR count). The average Bonchev–Trinajstić information content (AvgIpc) is 2.65. The van der Waals surface area contributed by atoms with Gasteiger partial charge in [0.2, 0.25) is 15.9 Å². The molecule has 146 valence electrons. The van der Waals surface area contributed by atoms with Gasteiger partial charge < -0.3 is 10.1 Å². The number of nitrogens with one attached hydrogen (secondary N) is 2. The Morgan fingerprint density at radius 3 is 2.37 bits per heavy atom. The van der Waals surface area contributed by atoms with Crippen LogP contribution in [-0.2, 0) is 19.6 Å². The SMILES string of the molecule is COCCCNS(=O)(=O)c1ccc(NC(=O)CSc2ccc(C)cc2)cc1. The standard InChI is InChI=1S/C19H24N2O4S2/c1-15-4-8-17(9-5-15)26-14-19(22)21-16-6-10-18(11-7-16)27(23,24)20-12-3-13-25-2/h4-11,20H,3,12-14H2,1-2H3,(H,21,22). The second kappa shape index (κ2) is 10.5. The van der Waals surface area contributed by atoms with E-state index in [9.17, 15) is 13.2 Å². The van der Waals surface area contributed by atoms with Crippen molar-refractivity contribution < 1.29 is 17.9 Å². The Morgan fingerprint density at radius 2 is 1.74 bits per heavy atom. The summed E-state index contributed by atoms with van der Waals surface area (Å²) in [7, 11) is -1.99. The smallest absolute Gasteiger partial charge is 0.240 e. The van der Waals surface area contributed by atoms with Crippen LogP contribution < -0.4 is 10.0 Å². The second-order valence-electron chi connectivity index (χ2n) is 5.92. The third-order valence-electron chi connectivity index (χ3n) is 3.66. The molecule has 0 atom stereocenters. The van der Waals surface area contributed by atoms with E-state index in [1.165, 1.54) is 29.5 Å². The maximum atomic E-state index is 12.2. The molecule has 0 bridgehead atoms. The first-order valence-electron chi connectivity index (χ1n) is 8.49. The Kier molecular flexibility index (Phi) is 8.30. The number of aryl methyl sites for hydroxylation is 1. The van der Waals surface area contributed by atoms with Crippen LogP contribution in [0.5, 0.6) is 0 Å². The number of benzene rings is 2. The molecule has 0 fully saturated rings. The molecule has 0 aliphatic heterocycles. The summed E-state index contributed by atoms with van der Waals surface area (Å²) in [6.07, 6.45) is 0.600. The molecule has 0 aliphatic carbocycles. The lowest BCUT2D eigenvalue weighted by Gasteiger charge is -2.09. The maximum absolute atomic E-state index is 12.2. The zero-order chi connectivity index (χ0) is 19.7. The Labute approximate surface area is 164 Å². The van der Waals surface area contributed by atoms with Gasteiger partial charge in [-0.05, 0) is 49.7 Å². The molecule has 0 saturated carbocycles.